The van der Waals surface area contributed by atoms with Crippen molar-refractivity contribution >= 4 is 21.6 Å². The fourth-order valence-corrected chi connectivity index (χ4v) is 6.31. The fourth-order valence-electron chi connectivity index (χ4n) is 4.84. The maximum absolute atomic E-state index is 13.3. The third-order valence-electron chi connectivity index (χ3n) is 7.19. The van der Waals surface area contributed by atoms with E-state index in [0.29, 0.717) is 28.0 Å². The average Bonchev–Trinajstić information content (AvgIpc) is 3.12. The van der Waals surface area contributed by atoms with Gasteiger partial charge in [0, 0.05) is 45.0 Å². The fraction of sp³-hybridized carbons (Fsp3) is 0.444. The number of sulfonamides is 1. The van der Waals surface area contributed by atoms with Gasteiger partial charge in [-0.2, -0.15) is 9.29 Å². The molecule has 214 valence electrons. The number of benzene rings is 1. The van der Waals surface area contributed by atoms with E-state index in [0.717, 1.165) is 38.8 Å². The quantitative estimate of drug-likeness (QED) is 0.375. The maximum atomic E-state index is 13.3. The Morgan fingerprint density at radius 1 is 1.05 bits per heavy atom. The number of fused-ring (bicyclic) bond motifs is 2. The Kier molecular flexibility index (Phi) is 7.71. The number of hydrogen-bond donors (Lipinski definition) is 0. The number of methoxy groups -OCH3 is 1. The molecule has 1 amide bonds. The number of rotatable bonds is 9. The molecule has 3 aromatic rings. The molecule has 0 atom stereocenters. The van der Waals surface area contributed by atoms with Gasteiger partial charge in [-0.05, 0) is 36.7 Å². The minimum absolute atomic E-state index is 0.0991. The van der Waals surface area contributed by atoms with Crippen molar-refractivity contribution in [2.24, 2.45) is 0 Å². The zero-order valence-corrected chi connectivity index (χ0v) is 23.8. The van der Waals surface area contributed by atoms with Gasteiger partial charge in [0.2, 0.25) is 5.88 Å². The molecule has 40 heavy (non-hydrogen) atoms. The molecule has 1 saturated heterocycles. The molecule has 2 aliphatic heterocycles. The second-order valence-corrected chi connectivity index (χ2v) is 12.0. The zero-order valence-electron chi connectivity index (χ0n) is 23.0. The molecule has 1 aromatic carbocycles. The molecule has 0 bridgehead atoms. The van der Waals surface area contributed by atoms with Crippen LogP contribution < -0.4 is 19.8 Å². The van der Waals surface area contributed by atoms with Crippen LogP contribution in [0.5, 0.6) is 17.4 Å². The summed E-state index contributed by atoms with van der Waals surface area (Å²) < 4.78 is 45.5. The molecule has 5 rings (SSSR count). The highest BCUT2D eigenvalue weighted by molar-refractivity contribution is 7.90. The summed E-state index contributed by atoms with van der Waals surface area (Å²) in [6, 6.07) is 7.54. The molecule has 0 unspecified atom stereocenters. The van der Waals surface area contributed by atoms with Crippen molar-refractivity contribution in [2.45, 2.75) is 24.7 Å². The van der Waals surface area contributed by atoms with E-state index in [1.54, 1.807) is 24.4 Å². The van der Waals surface area contributed by atoms with E-state index in [4.69, 9.17) is 14.2 Å². The van der Waals surface area contributed by atoms with Crippen LogP contribution in [0.4, 0.5) is 0 Å². The first-order valence-electron chi connectivity index (χ1n) is 13.1. The summed E-state index contributed by atoms with van der Waals surface area (Å²) in [4.78, 5) is 35.0. The van der Waals surface area contributed by atoms with Gasteiger partial charge in [0.15, 0.2) is 18.1 Å². The Labute approximate surface area is 232 Å². The van der Waals surface area contributed by atoms with Crippen LogP contribution in [0.15, 0.2) is 46.2 Å². The van der Waals surface area contributed by atoms with E-state index in [9.17, 15) is 18.0 Å². The van der Waals surface area contributed by atoms with Gasteiger partial charge in [0.05, 0.1) is 18.7 Å². The Hall–Kier alpha value is -3.68. The number of carbonyl (C=O) groups excluding carboxylic acids is 1. The minimum Gasteiger partial charge on any atom is -0.497 e. The monoisotopic (exact) mass is 571 g/mol. The molecule has 13 heteroatoms. The van der Waals surface area contributed by atoms with E-state index in [1.807, 2.05) is 13.8 Å². The van der Waals surface area contributed by atoms with Crippen LogP contribution in [0.25, 0.3) is 5.65 Å². The lowest BCUT2D eigenvalue weighted by atomic mass is 9.96. The number of pyridine rings is 1. The number of carbonyl (C=O) groups is 1. The predicted molar refractivity (Wildman–Crippen MR) is 147 cm³/mol. The Morgan fingerprint density at radius 3 is 2.50 bits per heavy atom. The van der Waals surface area contributed by atoms with Gasteiger partial charge in [0.25, 0.3) is 21.5 Å². The third kappa shape index (κ3) is 5.23. The molecule has 0 N–H and O–H groups in total. The highest BCUT2D eigenvalue weighted by Crippen LogP contribution is 2.38. The second kappa shape index (κ2) is 11.1. The average molecular weight is 572 g/mol. The first-order valence-corrected chi connectivity index (χ1v) is 14.5. The number of nitrogens with zero attached hydrogens (tertiary/aromatic N) is 5. The normalized spacial score (nSPS) is 17.4. The largest absolute Gasteiger partial charge is 0.497 e. The molecule has 0 aliphatic carbocycles. The topological polar surface area (TPSA) is 123 Å². The number of aromatic nitrogens is 2. The van der Waals surface area contributed by atoms with Crippen LogP contribution in [-0.4, -0.2) is 98.0 Å². The molecular weight excluding hydrogens is 538 g/mol. The van der Waals surface area contributed by atoms with E-state index in [2.05, 4.69) is 21.8 Å². The van der Waals surface area contributed by atoms with Crippen LogP contribution in [-0.2, 0) is 10.0 Å². The number of hydrogen-bond acceptors (Lipinski definition) is 10. The summed E-state index contributed by atoms with van der Waals surface area (Å²) in [7, 11) is -0.673. The lowest BCUT2D eigenvalue weighted by molar-refractivity contribution is 0.0785. The smallest absolute Gasteiger partial charge is 0.272 e. The van der Waals surface area contributed by atoms with Crippen LogP contribution in [0.2, 0.25) is 0 Å². The van der Waals surface area contributed by atoms with Gasteiger partial charge in [-0.15, -0.1) is 0 Å². The van der Waals surface area contributed by atoms with Crippen LogP contribution in [0.1, 0.15) is 35.7 Å². The highest BCUT2D eigenvalue weighted by atomic mass is 32.2. The Morgan fingerprint density at radius 2 is 1.80 bits per heavy atom. The van der Waals surface area contributed by atoms with Gasteiger partial charge in [-0.3, -0.25) is 18.9 Å². The van der Waals surface area contributed by atoms with E-state index >= 15 is 0 Å². The van der Waals surface area contributed by atoms with Gasteiger partial charge in [0.1, 0.15) is 17.3 Å². The molecule has 4 heterocycles. The highest BCUT2D eigenvalue weighted by Gasteiger charge is 2.44. The first-order chi connectivity index (χ1) is 19.1. The van der Waals surface area contributed by atoms with E-state index in [-0.39, 0.29) is 27.9 Å². The Balaban J connectivity index is 1.35. The summed E-state index contributed by atoms with van der Waals surface area (Å²) in [6.07, 6.45) is 1.56. The molecule has 0 saturated carbocycles. The van der Waals surface area contributed by atoms with Gasteiger partial charge in [-0.1, -0.05) is 13.8 Å². The number of ether oxygens (including phenoxy) is 3. The number of piperazine rings is 1. The summed E-state index contributed by atoms with van der Waals surface area (Å²) in [5.41, 5.74) is 0.456. The molecule has 0 radical (unpaired) electrons. The molecule has 1 fully saturated rings. The van der Waals surface area contributed by atoms with Crippen molar-refractivity contribution in [3.63, 3.8) is 0 Å². The van der Waals surface area contributed by atoms with Crippen molar-refractivity contribution in [3.05, 3.63) is 58.0 Å². The molecule has 2 aliphatic rings. The minimum atomic E-state index is -4.21. The molecule has 0 spiro atoms. The van der Waals surface area contributed by atoms with E-state index in [1.165, 1.54) is 17.6 Å². The first kappa shape index (κ1) is 27.9. The lowest BCUT2D eigenvalue weighted by Gasteiger charge is -2.32. The molecular formula is C27H33N5O7S. The zero-order chi connectivity index (χ0) is 28.6. The van der Waals surface area contributed by atoms with Crippen molar-refractivity contribution in [2.75, 3.05) is 60.2 Å². The van der Waals surface area contributed by atoms with Gasteiger partial charge in [-0.25, -0.2) is 8.42 Å². The third-order valence-corrected chi connectivity index (χ3v) is 8.92. The number of amides is 1. The summed E-state index contributed by atoms with van der Waals surface area (Å²) in [5.74, 6) is -0.218. The van der Waals surface area contributed by atoms with Crippen molar-refractivity contribution in [1.29, 1.82) is 0 Å². The predicted octanol–water partition coefficient (Wildman–Crippen LogP) is 1.63. The van der Waals surface area contributed by atoms with Crippen LogP contribution >= 0.6 is 0 Å². The molecule has 12 nitrogen and oxygen atoms in total. The maximum Gasteiger partial charge on any atom is 0.272 e. The van der Waals surface area contributed by atoms with Gasteiger partial charge >= 0.3 is 0 Å². The SMILES string of the molecule is COc1cc(C(C)C)c2c(c1)S(=O)(=O)N(COc1cc(=O)n3cccc(OCCN4CCN(C)CC4)c3n1)C2=O. The molecule has 2 aromatic heterocycles. The summed E-state index contributed by atoms with van der Waals surface area (Å²) in [5, 5.41) is 0. The standard InChI is InChI=1S/C27H33N5O7S/c1-18(2)20-14-19(37-4)15-22-25(20)27(34)32(40(22,35)36)17-39-23-16-24(33)31-7-5-6-21(26(31)28-23)38-13-12-30-10-8-29(3)9-11-30/h5-7,14-16,18H,8-13,17H2,1-4H3. The van der Waals surface area contributed by atoms with E-state index < -0.39 is 28.2 Å². The van der Waals surface area contributed by atoms with Crippen molar-refractivity contribution in [1.82, 2.24) is 23.5 Å². The second-order valence-electron chi connectivity index (χ2n) is 10.2. The van der Waals surface area contributed by atoms with Crippen LogP contribution in [0, 0.1) is 0 Å². The summed E-state index contributed by atoms with van der Waals surface area (Å²) in [6.45, 7) is 8.13. The van der Waals surface area contributed by atoms with Crippen molar-refractivity contribution in [3.8, 4) is 17.4 Å². The van der Waals surface area contributed by atoms with Gasteiger partial charge < -0.3 is 19.1 Å². The number of likely N-dealkylation sites (N-methyl/N-ethyl adjacent to an activating group) is 1. The lowest BCUT2D eigenvalue weighted by Crippen LogP contribution is -2.45. The Bertz CT molecular complexity index is 1600. The van der Waals surface area contributed by atoms with Crippen molar-refractivity contribution < 1.29 is 27.4 Å². The van der Waals surface area contributed by atoms with Crippen LogP contribution in [0.3, 0.4) is 0 Å². The summed E-state index contributed by atoms with van der Waals surface area (Å²) >= 11 is 0.